The largest absolute Gasteiger partial charge is 0.374 e. The molecule has 6 heteroatoms. The monoisotopic (exact) mass is 282 g/mol. The lowest BCUT2D eigenvalue weighted by Crippen LogP contribution is -2.61. The van der Waals surface area contributed by atoms with E-state index in [1.165, 1.54) is 0 Å². The second kappa shape index (κ2) is 7.87. The van der Waals surface area contributed by atoms with E-state index >= 15 is 0 Å². The van der Waals surface area contributed by atoms with E-state index in [0.717, 1.165) is 6.42 Å². The summed E-state index contributed by atoms with van der Waals surface area (Å²) in [6, 6.07) is -0.839. The van der Waals surface area contributed by atoms with E-state index in [9.17, 15) is 9.59 Å². The number of amidine groups is 1. The van der Waals surface area contributed by atoms with E-state index in [1.54, 1.807) is 0 Å². The molecule has 114 valence electrons. The number of hydrogen-bond donors (Lipinski definition) is 4. The Hall–Kier alpha value is -1.59. The van der Waals surface area contributed by atoms with Gasteiger partial charge in [-0.15, -0.1) is 0 Å². The number of carbonyl (C=O) groups is 2. The predicted octanol–water partition coefficient (Wildman–Crippen LogP) is 0.773. The van der Waals surface area contributed by atoms with Gasteiger partial charge < -0.3 is 16.0 Å². The Balaban J connectivity index is 2.33. The minimum atomic E-state index is -0.441. The number of piperazine rings is 1. The lowest BCUT2D eigenvalue weighted by Gasteiger charge is -2.30. The van der Waals surface area contributed by atoms with Crippen molar-refractivity contribution in [2.24, 2.45) is 5.92 Å². The highest BCUT2D eigenvalue weighted by atomic mass is 16.2. The molecule has 20 heavy (non-hydrogen) atoms. The Morgan fingerprint density at radius 1 is 1.25 bits per heavy atom. The maximum Gasteiger partial charge on any atom is 0.243 e. The Labute approximate surface area is 120 Å². The van der Waals surface area contributed by atoms with E-state index < -0.39 is 12.1 Å². The van der Waals surface area contributed by atoms with Crippen LogP contribution in [0.25, 0.3) is 0 Å². The third-order valence-electron chi connectivity index (χ3n) is 3.33. The summed E-state index contributed by atoms with van der Waals surface area (Å²) in [4.78, 5) is 23.8. The minimum Gasteiger partial charge on any atom is -0.374 e. The molecule has 0 aromatic carbocycles. The molecule has 1 aliphatic heterocycles. The highest BCUT2D eigenvalue weighted by Gasteiger charge is 2.33. The number of carbonyl (C=O) groups excluding carboxylic acids is 2. The molecular formula is C14H26N4O2. The first-order valence-electron chi connectivity index (χ1n) is 7.36. The van der Waals surface area contributed by atoms with Gasteiger partial charge in [0.15, 0.2) is 0 Å². The number of amides is 2. The summed E-state index contributed by atoms with van der Waals surface area (Å²) < 4.78 is 0. The molecule has 1 saturated heterocycles. The standard InChI is InChI=1S/C14H26N4O2/c1-4-12(15)16-7-5-6-10-13(19)18-11(8-9(2)3)14(20)17-10/h9-11H,4-8H2,1-3H3,(H2,15,16)(H,17,20)(H,18,19)/t10-,11+/m1/s1. The van der Waals surface area contributed by atoms with E-state index in [2.05, 4.69) is 16.0 Å². The van der Waals surface area contributed by atoms with Gasteiger partial charge >= 0.3 is 0 Å². The second-order valence-corrected chi connectivity index (χ2v) is 5.65. The summed E-state index contributed by atoms with van der Waals surface area (Å²) in [7, 11) is 0. The van der Waals surface area contributed by atoms with Crippen molar-refractivity contribution in [3.8, 4) is 0 Å². The molecule has 0 bridgehead atoms. The normalized spacial score (nSPS) is 22.4. The van der Waals surface area contributed by atoms with Gasteiger partial charge in [-0.05, 0) is 25.2 Å². The molecule has 2 atom stereocenters. The van der Waals surface area contributed by atoms with Gasteiger partial charge in [0.2, 0.25) is 11.8 Å². The minimum absolute atomic E-state index is 0.0856. The molecule has 0 aromatic rings. The highest BCUT2D eigenvalue weighted by molar-refractivity contribution is 5.96. The Morgan fingerprint density at radius 2 is 1.85 bits per heavy atom. The van der Waals surface area contributed by atoms with Crippen molar-refractivity contribution < 1.29 is 9.59 Å². The first kappa shape index (κ1) is 16.5. The third-order valence-corrected chi connectivity index (χ3v) is 3.33. The van der Waals surface area contributed by atoms with E-state index in [1.807, 2.05) is 20.8 Å². The van der Waals surface area contributed by atoms with Crippen LogP contribution in [0, 0.1) is 11.3 Å². The maximum atomic E-state index is 11.9. The van der Waals surface area contributed by atoms with Crippen LogP contribution >= 0.6 is 0 Å². The highest BCUT2D eigenvalue weighted by Crippen LogP contribution is 2.10. The molecule has 2 amide bonds. The SMILES string of the molecule is CCC(=N)NCCC[C@H]1NC(=O)[C@H](CC(C)C)NC1=O. The van der Waals surface area contributed by atoms with Gasteiger partial charge in [-0.3, -0.25) is 15.0 Å². The van der Waals surface area contributed by atoms with Crippen molar-refractivity contribution in [3.05, 3.63) is 0 Å². The van der Waals surface area contributed by atoms with Gasteiger partial charge in [0.25, 0.3) is 0 Å². The predicted molar refractivity (Wildman–Crippen MR) is 78.6 cm³/mol. The lowest BCUT2D eigenvalue weighted by atomic mass is 9.99. The molecular weight excluding hydrogens is 256 g/mol. The van der Waals surface area contributed by atoms with E-state index in [-0.39, 0.29) is 11.8 Å². The van der Waals surface area contributed by atoms with Gasteiger partial charge in [-0.1, -0.05) is 20.8 Å². The lowest BCUT2D eigenvalue weighted by molar-refractivity contribution is -0.137. The van der Waals surface area contributed by atoms with Gasteiger partial charge in [-0.25, -0.2) is 0 Å². The zero-order valence-corrected chi connectivity index (χ0v) is 12.6. The van der Waals surface area contributed by atoms with Crippen molar-refractivity contribution in [2.75, 3.05) is 6.54 Å². The molecule has 4 N–H and O–H groups in total. The number of rotatable bonds is 7. The average Bonchev–Trinajstić information content (AvgIpc) is 2.38. The van der Waals surface area contributed by atoms with Crippen molar-refractivity contribution in [1.29, 1.82) is 5.41 Å². The van der Waals surface area contributed by atoms with Gasteiger partial charge in [0.1, 0.15) is 12.1 Å². The second-order valence-electron chi connectivity index (χ2n) is 5.65. The Kier molecular flexibility index (Phi) is 6.48. The summed E-state index contributed by atoms with van der Waals surface area (Å²) >= 11 is 0. The fourth-order valence-corrected chi connectivity index (χ4v) is 2.19. The van der Waals surface area contributed by atoms with Crippen LogP contribution in [0.1, 0.15) is 46.5 Å². The molecule has 0 aliphatic carbocycles. The van der Waals surface area contributed by atoms with Crippen LogP contribution in [0.5, 0.6) is 0 Å². The van der Waals surface area contributed by atoms with Crippen LogP contribution in [-0.2, 0) is 9.59 Å². The quantitative estimate of drug-likeness (QED) is 0.316. The topological polar surface area (TPSA) is 94.1 Å². The summed E-state index contributed by atoms with van der Waals surface area (Å²) in [6.07, 6.45) is 2.68. The summed E-state index contributed by atoms with van der Waals surface area (Å²) in [6.45, 7) is 6.63. The number of nitrogens with one attached hydrogen (secondary N) is 4. The number of hydrogen-bond acceptors (Lipinski definition) is 3. The molecule has 1 aliphatic rings. The Morgan fingerprint density at radius 3 is 2.45 bits per heavy atom. The van der Waals surface area contributed by atoms with E-state index in [4.69, 9.17) is 5.41 Å². The molecule has 0 unspecified atom stereocenters. The van der Waals surface area contributed by atoms with Crippen LogP contribution in [-0.4, -0.2) is 36.3 Å². The fraction of sp³-hybridized carbons (Fsp3) is 0.786. The average molecular weight is 282 g/mol. The zero-order chi connectivity index (χ0) is 15.1. The van der Waals surface area contributed by atoms with Crippen molar-refractivity contribution in [1.82, 2.24) is 16.0 Å². The van der Waals surface area contributed by atoms with Gasteiger partial charge in [0.05, 0.1) is 5.84 Å². The smallest absolute Gasteiger partial charge is 0.243 e. The fourth-order valence-electron chi connectivity index (χ4n) is 2.19. The van der Waals surface area contributed by atoms with Gasteiger partial charge in [-0.2, -0.15) is 0 Å². The molecule has 1 rings (SSSR count). The van der Waals surface area contributed by atoms with Crippen LogP contribution in [0.3, 0.4) is 0 Å². The van der Waals surface area contributed by atoms with Crippen LogP contribution in [0.15, 0.2) is 0 Å². The maximum absolute atomic E-state index is 11.9. The molecule has 1 fully saturated rings. The molecule has 6 nitrogen and oxygen atoms in total. The van der Waals surface area contributed by atoms with Crippen LogP contribution in [0.2, 0.25) is 0 Å². The summed E-state index contributed by atoms with van der Waals surface area (Å²) in [5.41, 5.74) is 0. The summed E-state index contributed by atoms with van der Waals surface area (Å²) in [5, 5.41) is 16.0. The van der Waals surface area contributed by atoms with Crippen LogP contribution < -0.4 is 16.0 Å². The van der Waals surface area contributed by atoms with Crippen molar-refractivity contribution in [3.63, 3.8) is 0 Å². The Bertz CT molecular complexity index is 368. The van der Waals surface area contributed by atoms with Crippen LogP contribution in [0.4, 0.5) is 0 Å². The third kappa shape index (κ3) is 5.19. The van der Waals surface area contributed by atoms with Crippen molar-refractivity contribution >= 4 is 17.6 Å². The van der Waals surface area contributed by atoms with Crippen molar-refractivity contribution in [2.45, 2.75) is 58.5 Å². The molecule has 0 aromatic heterocycles. The van der Waals surface area contributed by atoms with E-state index in [0.29, 0.717) is 37.6 Å². The first-order valence-corrected chi connectivity index (χ1v) is 7.36. The van der Waals surface area contributed by atoms with Gasteiger partial charge in [0, 0.05) is 13.0 Å². The molecule has 0 radical (unpaired) electrons. The zero-order valence-electron chi connectivity index (χ0n) is 12.6. The molecule has 0 spiro atoms. The summed E-state index contributed by atoms with van der Waals surface area (Å²) in [5.74, 6) is 0.685. The molecule has 1 heterocycles. The molecule has 0 saturated carbocycles. The first-order chi connectivity index (χ1) is 9.43.